The fourth-order valence-electron chi connectivity index (χ4n) is 8.40. The lowest BCUT2D eigenvalue weighted by Crippen LogP contribution is -2.54. The Labute approximate surface area is 349 Å². The number of nitrogens with zero attached hydrogens (tertiary/aromatic N) is 2. The predicted octanol–water partition coefficient (Wildman–Crippen LogP) is 1.60. The molecule has 2 N–H and O–H groups in total. The highest BCUT2D eigenvalue weighted by molar-refractivity contribution is 6.25. The second-order valence-corrected chi connectivity index (χ2v) is 15.7. The number of piperidine rings is 1. The summed E-state index contributed by atoms with van der Waals surface area (Å²) in [5, 5.41) is 4.79. The molecule has 7 rings (SSSR count). The second kappa shape index (κ2) is 18.6. The smallest absolute Gasteiger partial charge is 0.266 e. The van der Waals surface area contributed by atoms with Gasteiger partial charge in [0.15, 0.2) is 18.2 Å². The van der Waals surface area contributed by atoms with Crippen LogP contribution in [0.3, 0.4) is 0 Å². The summed E-state index contributed by atoms with van der Waals surface area (Å²) in [5.41, 5.74) is 0.0936. The van der Waals surface area contributed by atoms with E-state index in [-0.39, 0.29) is 128 Å². The van der Waals surface area contributed by atoms with Crippen LogP contribution in [0.1, 0.15) is 99.7 Å². The van der Waals surface area contributed by atoms with E-state index in [0.717, 1.165) is 16.2 Å². The first-order valence-corrected chi connectivity index (χ1v) is 20.5. The number of amides is 7. The molecule has 0 spiro atoms. The maximum Gasteiger partial charge on any atom is 0.266 e. The van der Waals surface area contributed by atoms with Crippen LogP contribution in [-0.4, -0.2) is 127 Å². The Hall–Kier alpha value is -6.14. The van der Waals surface area contributed by atoms with Crippen molar-refractivity contribution in [3.8, 4) is 11.5 Å². The molecule has 3 aliphatic heterocycles. The van der Waals surface area contributed by atoms with Crippen molar-refractivity contribution >= 4 is 58.7 Å². The fraction of sp³-hybridized carbons (Fsp3) is 0.488. The van der Waals surface area contributed by atoms with E-state index in [9.17, 15) is 47.9 Å². The molecule has 1 saturated heterocycles. The van der Waals surface area contributed by atoms with E-state index in [0.29, 0.717) is 19.4 Å². The first-order chi connectivity index (χ1) is 29.3. The van der Waals surface area contributed by atoms with Crippen molar-refractivity contribution < 1.29 is 66.9 Å². The van der Waals surface area contributed by atoms with E-state index in [1.54, 1.807) is 13.0 Å². The highest BCUT2D eigenvalue weighted by Gasteiger charge is 2.47. The zero-order valence-corrected chi connectivity index (χ0v) is 33.6. The van der Waals surface area contributed by atoms with Gasteiger partial charge in [0, 0.05) is 44.2 Å². The SMILES string of the molecule is CC1CC(=O)C(N2C(=O)c3cccc(OCC(=O)C4CCC4CCOCCOCCNC(=O)COc4cccc5c4C(=O)N(C4CCC(=O)NC4=O)C5=O)c3C2=O)CCC1=O. The molecule has 3 fully saturated rings. The summed E-state index contributed by atoms with van der Waals surface area (Å²) in [6, 6.07) is 6.78. The van der Waals surface area contributed by atoms with Gasteiger partial charge in [-0.2, -0.15) is 0 Å². The number of carbonyl (C=O) groups excluding carboxylic acids is 10. The van der Waals surface area contributed by atoms with Gasteiger partial charge in [-0.15, -0.1) is 0 Å². The minimum atomic E-state index is -1.13. The van der Waals surface area contributed by atoms with Gasteiger partial charge in [-0.1, -0.05) is 19.1 Å². The molecule has 0 aromatic heterocycles. The molecule has 3 heterocycles. The molecule has 5 aliphatic rings. The quantitative estimate of drug-likeness (QED) is 0.123. The number of imide groups is 3. The van der Waals surface area contributed by atoms with Crippen molar-refractivity contribution in [2.45, 2.75) is 70.4 Å². The van der Waals surface area contributed by atoms with E-state index in [1.165, 1.54) is 30.3 Å². The Morgan fingerprint density at radius 3 is 1.92 bits per heavy atom. The zero-order valence-electron chi connectivity index (χ0n) is 33.6. The molecule has 7 amide bonds. The molecule has 5 unspecified atom stereocenters. The number of ketones is 3. The number of ether oxygens (including phenoxy) is 4. The van der Waals surface area contributed by atoms with Crippen LogP contribution in [0.2, 0.25) is 0 Å². The molecular formula is C43H46N4O14. The lowest BCUT2D eigenvalue weighted by atomic mass is 9.70. The van der Waals surface area contributed by atoms with Crippen LogP contribution in [0.5, 0.6) is 11.5 Å². The number of Topliss-reactive ketones (excluding diaryl/α,β-unsaturated/α-hetero) is 3. The highest BCUT2D eigenvalue weighted by atomic mass is 16.5. The van der Waals surface area contributed by atoms with Crippen molar-refractivity contribution in [3.05, 3.63) is 58.7 Å². The number of hydrogen-bond donors (Lipinski definition) is 2. The minimum absolute atomic E-state index is 0.0103. The summed E-state index contributed by atoms with van der Waals surface area (Å²) < 4.78 is 22.6. The van der Waals surface area contributed by atoms with Gasteiger partial charge in [0.2, 0.25) is 11.8 Å². The van der Waals surface area contributed by atoms with Crippen molar-refractivity contribution in [1.82, 2.24) is 20.4 Å². The normalized spacial score (nSPS) is 23.7. The summed E-state index contributed by atoms with van der Waals surface area (Å²) >= 11 is 0. The highest BCUT2D eigenvalue weighted by Crippen LogP contribution is 2.39. The van der Waals surface area contributed by atoms with Gasteiger partial charge in [-0.05, 0) is 62.3 Å². The fourth-order valence-corrected chi connectivity index (χ4v) is 8.40. The van der Waals surface area contributed by atoms with Gasteiger partial charge >= 0.3 is 0 Å². The molecular weight excluding hydrogens is 796 g/mol. The first kappa shape index (κ1) is 43.0. The molecule has 322 valence electrons. The largest absolute Gasteiger partial charge is 0.485 e. The third-order valence-electron chi connectivity index (χ3n) is 11.9. The summed E-state index contributed by atoms with van der Waals surface area (Å²) in [5.74, 6) is -5.45. The lowest BCUT2D eigenvalue weighted by molar-refractivity contribution is -0.136. The Balaban J connectivity index is 0.767. The van der Waals surface area contributed by atoms with Gasteiger partial charge in [-0.3, -0.25) is 63.1 Å². The Kier molecular flexibility index (Phi) is 13.1. The van der Waals surface area contributed by atoms with Crippen LogP contribution < -0.4 is 20.1 Å². The van der Waals surface area contributed by atoms with Crippen LogP contribution in [-0.2, 0) is 38.2 Å². The summed E-state index contributed by atoms with van der Waals surface area (Å²) in [4.78, 5) is 129. The van der Waals surface area contributed by atoms with Crippen LogP contribution in [0.4, 0.5) is 0 Å². The molecule has 18 nitrogen and oxygen atoms in total. The maximum atomic E-state index is 13.5. The topological polar surface area (TPSA) is 238 Å². The van der Waals surface area contributed by atoms with Crippen molar-refractivity contribution in [2.75, 3.05) is 46.2 Å². The van der Waals surface area contributed by atoms with Crippen LogP contribution in [0.15, 0.2) is 36.4 Å². The molecule has 5 atom stereocenters. The number of fused-ring (bicyclic) bond motifs is 2. The lowest BCUT2D eigenvalue weighted by Gasteiger charge is -2.35. The molecule has 2 saturated carbocycles. The second-order valence-electron chi connectivity index (χ2n) is 15.7. The molecule has 0 bridgehead atoms. The summed E-state index contributed by atoms with van der Waals surface area (Å²) in [6.45, 7) is 2.23. The Bertz CT molecular complexity index is 2190. The standard InChI is InChI=1S/C43H46N4O14/c1-23-20-31(49)28(10-12-30(23)48)46-40(54)26-4-2-6-33(37(26)42(46)56)60-21-32(50)25-9-8-24(25)14-16-58-18-19-59-17-15-44-36(52)22-61-34-7-3-5-27-38(34)43(57)47(41(27)55)29-11-13-35(51)45-39(29)53/h2-7,23-25,28-29H,8-22H2,1H3,(H,44,52)(H,45,51,53). The zero-order chi connectivity index (χ0) is 43.4. The van der Waals surface area contributed by atoms with E-state index < -0.39 is 66.0 Å². The van der Waals surface area contributed by atoms with Crippen LogP contribution in [0.25, 0.3) is 0 Å². The van der Waals surface area contributed by atoms with E-state index >= 15 is 0 Å². The molecule has 2 aromatic rings. The average molecular weight is 843 g/mol. The third kappa shape index (κ3) is 9.00. The number of nitrogens with one attached hydrogen (secondary N) is 2. The number of rotatable bonds is 18. The summed E-state index contributed by atoms with van der Waals surface area (Å²) in [6.07, 6.45) is 2.33. The summed E-state index contributed by atoms with van der Waals surface area (Å²) in [7, 11) is 0. The van der Waals surface area contributed by atoms with Crippen LogP contribution >= 0.6 is 0 Å². The third-order valence-corrected chi connectivity index (χ3v) is 11.9. The van der Waals surface area contributed by atoms with Gasteiger partial charge < -0.3 is 24.3 Å². The van der Waals surface area contributed by atoms with Gasteiger partial charge in [0.1, 0.15) is 29.9 Å². The number of carbonyl (C=O) groups is 10. The maximum absolute atomic E-state index is 13.5. The molecule has 18 heteroatoms. The van der Waals surface area contributed by atoms with Crippen LogP contribution in [0, 0.1) is 17.8 Å². The predicted molar refractivity (Wildman–Crippen MR) is 208 cm³/mol. The van der Waals surface area contributed by atoms with Gasteiger partial charge in [0.25, 0.3) is 29.5 Å². The molecule has 2 aliphatic carbocycles. The van der Waals surface area contributed by atoms with E-state index in [2.05, 4.69) is 10.6 Å². The average Bonchev–Trinajstić information content (AvgIpc) is 3.58. The Morgan fingerprint density at radius 1 is 0.689 bits per heavy atom. The van der Waals surface area contributed by atoms with Crippen molar-refractivity contribution in [1.29, 1.82) is 0 Å². The minimum Gasteiger partial charge on any atom is -0.485 e. The first-order valence-electron chi connectivity index (χ1n) is 20.5. The van der Waals surface area contributed by atoms with E-state index in [4.69, 9.17) is 18.9 Å². The van der Waals surface area contributed by atoms with Gasteiger partial charge in [0.05, 0.1) is 48.1 Å². The number of benzene rings is 2. The molecule has 2 aromatic carbocycles. The number of hydrogen-bond acceptors (Lipinski definition) is 14. The molecule has 0 radical (unpaired) electrons. The van der Waals surface area contributed by atoms with Crippen molar-refractivity contribution in [3.63, 3.8) is 0 Å². The van der Waals surface area contributed by atoms with Gasteiger partial charge in [-0.25, -0.2) is 0 Å². The van der Waals surface area contributed by atoms with E-state index in [1.807, 2.05) is 0 Å². The Morgan fingerprint density at radius 2 is 1.30 bits per heavy atom. The van der Waals surface area contributed by atoms with Crippen molar-refractivity contribution in [2.24, 2.45) is 17.8 Å². The molecule has 61 heavy (non-hydrogen) atoms. The monoisotopic (exact) mass is 842 g/mol.